The molecule has 9 aromatic carbocycles. The molecule has 0 bridgehead atoms. The van der Waals surface area contributed by atoms with E-state index in [0.29, 0.717) is 0 Å². The van der Waals surface area contributed by atoms with Gasteiger partial charge in [-0.15, -0.1) is 0 Å². The molecule has 4 heterocycles. The molecule has 0 amide bonds. The molecular weight excluding hydrogens is 887 g/mol. The van der Waals surface area contributed by atoms with Crippen molar-refractivity contribution in [2.24, 2.45) is 0 Å². The lowest BCUT2D eigenvalue weighted by atomic mass is 9.65. The van der Waals surface area contributed by atoms with Crippen molar-refractivity contribution in [3.05, 3.63) is 280 Å². The number of hydrogen-bond donors (Lipinski definition) is 0. The summed E-state index contributed by atoms with van der Waals surface area (Å²) in [5, 5.41) is 2.55. The molecule has 0 saturated carbocycles. The van der Waals surface area contributed by atoms with Gasteiger partial charge in [0, 0.05) is 56.5 Å². The number of ether oxygens (including phenoxy) is 1. The fourth-order valence-electron chi connectivity index (χ4n) is 14.7. The number of rotatable bonds is 2. The Bertz CT molecular complexity index is 4420. The van der Waals surface area contributed by atoms with Crippen LogP contribution >= 0.6 is 0 Å². The topological polar surface area (TPSA) is 39.9 Å². The summed E-state index contributed by atoms with van der Waals surface area (Å²) in [6.45, 7) is 4.82. The predicted molar refractivity (Wildman–Crippen MR) is 293 cm³/mol. The highest BCUT2D eigenvalue weighted by atomic mass is 16.5. The number of benzene rings is 9. The Hall–Kier alpha value is -9.12. The molecule has 4 nitrogen and oxygen atoms in total. The highest BCUT2D eigenvalue weighted by molar-refractivity contribution is 6.13. The van der Waals surface area contributed by atoms with Crippen LogP contribution in [0.25, 0.3) is 83.4 Å². The van der Waals surface area contributed by atoms with E-state index < -0.39 is 10.8 Å². The Morgan fingerprint density at radius 1 is 0.384 bits per heavy atom. The summed E-state index contributed by atoms with van der Waals surface area (Å²) < 4.78 is 9.74. The smallest absolute Gasteiger partial charge is 0.132 e. The standard InChI is InChI=1S/C69H43N3O/c1-67(2)56-35-40(30-31-46(56)48-32-33-49-47-22-9-14-28-60(47)72(66(49)63(48)67)42-17-4-3-5-18-42)41-36-59-65(71-39-41)64-55(27-16-34-70-64)69(59)54-26-13-15-29-61(54)73-62-38-57-50(37-58(62)69)45-21-8-12-25-53(45)68(57)51-23-10-6-19-43(51)44-20-7-11-24-52(44)68/h3-39H,1-2H3. The Morgan fingerprint density at radius 2 is 0.986 bits per heavy atom. The molecule has 2 spiro atoms. The van der Waals surface area contributed by atoms with Crippen LogP contribution in [0.3, 0.4) is 0 Å². The maximum absolute atomic E-state index is 7.26. The fraction of sp³-hybridized carbons (Fsp3) is 0.0725. The zero-order chi connectivity index (χ0) is 48.0. The average molecular weight is 930 g/mol. The van der Waals surface area contributed by atoms with Gasteiger partial charge in [0.05, 0.1) is 33.3 Å². The van der Waals surface area contributed by atoms with Crippen LogP contribution in [0.5, 0.6) is 11.5 Å². The number of hydrogen-bond acceptors (Lipinski definition) is 3. The molecule has 5 aliphatic rings. The summed E-state index contributed by atoms with van der Waals surface area (Å²) in [6.07, 6.45) is 3.98. The average Bonchev–Trinajstić information content (AvgIpc) is 4.27. The number of pyridine rings is 2. The van der Waals surface area contributed by atoms with E-state index in [9.17, 15) is 0 Å². The minimum atomic E-state index is -0.778. The van der Waals surface area contributed by atoms with Gasteiger partial charge in [0.15, 0.2) is 0 Å². The van der Waals surface area contributed by atoms with Crippen LogP contribution in [0.15, 0.2) is 225 Å². The van der Waals surface area contributed by atoms with Crippen LogP contribution in [-0.4, -0.2) is 14.5 Å². The van der Waals surface area contributed by atoms with E-state index in [1.54, 1.807) is 0 Å². The minimum Gasteiger partial charge on any atom is -0.457 e. The molecule has 17 rings (SSSR count). The van der Waals surface area contributed by atoms with E-state index in [-0.39, 0.29) is 5.41 Å². The van der Waals surface area contributed by atoms with Crippen molar-refractivity contribution in [1.29, 1.82) is 0 Å². The van der Waals surface area contributed by atoms with Gasteiger partial charge in [-0.25, -0.2) is 0 Å². The Kier molecular flexibility index (Phi) is 7.39. The van der Waals surface area contributed by atoms with Crippen LogP contribution in [0.2, 0.25) is 0 Å². The molecule has 0 saturated heterocycles. The van der Waals surface area contributed by atoms with Gasteiger partial charge in [-0.05, 0) is 132 Å². The van der Waals surface area contributed by atoms with Crippen LogP contribution < -0.4 is 4.74 Å². The summed E-state index contributed by atoms with van der Waals surface area (Å²) in [6, 6.07) is 78.8. The van der Waals surface area contributed by atoms with Gasteiger partial charge in [0.2, 0.25) is 0 Å². The van der Waals surface area contributed by atoms with Gasteiger partial charge in [0.1, 0.15) is 11.5 Å². The molecule has 1 unspecified atom stereocenters. The molecule has 1 atom stereocenters. The maximum Gasteiger partial charge on any atom is 0.132 e. The zero-order valence-electron chi connectivity index (χ0n) is 40.1. The van der Waals surface area contributed by atoms with E-state index in [0.717, 1.165) is 56.3 Å². The van der Waals surface area contributed by atoms with Crippen molar-refractivity contribution in [3.63, 3.8) is 0 Å². The lowest BCUT2D eigenvalue weighted by Gasteiger charge is -2.40. The van der Waals surface area contributed by atoms with Crippen molar-refractivity contribution in [3.8, 4) is 73.1 Å². The number of fused-ring (bicyclic) bond motifs is 26. The first-order valence-electron chi connectivity index (χ1n) is 25.5. The van der Waals surface area contributed by atoms with Crippen molar-refractivity contribution in [1.82, 2.24) is 14.5 Å². The third-order valence-electron chi connectivity index (χ3n) is 17.5. The normalized spacial score (nSPS) is 16.7. The van der Waals surface area contributed by atoms with Crippen LogP contribution in [0.4, 0.5) is 0 Å². The highest BCUT2D eigenvalue weighted by Crippen LogP contribution is 2.67. The summed E-state index contributed by atoms with van der Waals surface area (Å²) in [5.41, 5.74) is 26.0. The first kappa shape index (κ1) is 39.6. The van der Waals surface area contributed by atoms with Gasteiger partial charge >= 0.3 is 0 Å². The molecule has 12 aromatic rings. The van der Waals surface area contributed by atoms with Crippen molar-refractivity contribution in [2.45, 2.75) is 30.1 Å². The molecular formula is C69H43N3O. The molecule has 4 aliphatic carbocycles. The van der Waals surface area contributed by atoms with Crippen molar-refractivity contribution in [2.75, 3.05) is 0 Å². The van der Waals surface area contributed by atoms with E-state index in [2.05, 4.69) is 237 Å². The molecule has 0 radical (unpaired) electrons. The number of nitrogens with zero attached hydrogens (tertiary/aromatic N) is 3. The van der Waals surface area contributed by atoms with Gasteiger partial charge in [-0.3, -0.25) is 9.97 Å². The zero-order valence-corrected chi connectivity index (χ0v) is 40.1. The number of para-hydroxylation sites is 3. The monoisotopic (exact) mass is 929 g/mol. The van der Waals surface area contributed by atoms with Crippen molar-refractivity contribution >= 4 is 21.8 Å². The second-order valence-electron chi connectivity index (χ2n) is 21.1. The summed E-state index contributed by atoms with van der Waals surface area (Å²) in [4.78, 5) is 10.6. The van der Waals surface area contributed by atoms with E-state index in [1.807, 2.05) is 6.20 Å². The molecule has 0 fully saturated rings. The van der Waals surface area contributed by atoms with E-state index in [1.165, 1.54) is 94.3 Å². The van der Waals surface area contributed by atoms with Crippen molar-refractivity contribution < 1.29 is 4.74 Å². The van der Waals surface area contributed by atoms with E-state index in [4.69, 9.17) is 14.7 Å². The number of aromatic nitrogens is 3. The molecule has 4 heteroatoms. The SMILES string of the molecule is CC1(C)c2cc(-c3cnc4c(c3)C3(c5ccccc5Oc5cc6c(cc53)-c3ccccc3C63c5ccccc5-c5ccccc53)c3cccnc3-4)ccc2-c2ccc3c4ccccc4n(-c4ccccc4)c3c21. The van der Waals surface area contributed by atoms with Gasteiger partial charge in [-0.1, -0.05) is 172 Å². The molecule has 3 aromatic heterocycles. The molecule has 73 heavy (non-hydrogen) atoms. The fourth-order valence-corrected chi connectivity index (χ4v) is 14.7. The van der Waals surface area contributed by atoms with Crippen LogP contribution in [-0.2, 0) is 16.2 Å². The lowest BCUT2D eigenvalue weighted by Crippen LogP contribution is -2.33. The predicted octanol–water partition coefficient (Wildman–Crippen LogP) is 16.4. The lowest BCUT2D eigenvalue weighted by molar-refractivity contribution is 0.435. The largest absolute Gasteiger partial charge is 0.457 e. The molecule has 340 valence electrons. The molecule has 0 N–H and O–H groups in total. The Morgan fingerprint density at radius 3 is 1.77 bits per heavy atom. The van der Waals surface area contributed by atoms with E-state index >= 15 is 0 Å². The second kappa shape index (κ2) is 13.6. The summed E-state index contributed by atoms with van der Waals surface area (Å²) >= 11 is 0. The van der Waals surface area contributed by atoms with Crippen LogP contribution in [0, 0.1) is 0 Å². The summed E-state index contributed by atoms with van der Waals surface area (Å²) in [7, 11) is 0. The third-order valence-corrected chi connectivity index (χ3v) is 17.5. The minimum absolute atomic E-state index is 0.306. The first-order chi connectivity index (χ1) is 36.0. The second-order valence-corrected chi connectivity index (χ2v) is 21.1. The first-order valence-corrected chi connectivity index (χ1v) is 25.5. The Labute approximate surface area is 422 Å². The third kappa shape index (κ3) is 4.65. The maximum atomic E-state index is 7.26. The Balaban J connectivity index is 0.890. The van der Waals surface area contributed by atoms with Gasteiger partial charge in [0.25, 0.3) is 0 Å². The quantitative estimate of drug-likeness (QED) is 0.173. The summed E-state index contributed by atoms with van der Waals surface area (Å²) in [5.74, 6) is 1.70. The van der Waals surface area contributed by atoms with Gasteiger partial charge in [-0.2, -0.15) is 0 Å². The van der Waals surface area contributed by atoms with Crippen LogP contribution in [0.1, 0.15) is 69.5 Å². The highest BCUT2D eigenvalue weighted by Gasteiger charge is 2.56. The van der Waals surface area contributed by atoms with Gasteiger partial charge < -0.3 is 9.30 Å². The molecule has 1 aliphatic heterocycles.